The lowest BCUT2D eigenvalue weighted by Gasteiger charge is -2.12. The van der Waals surface area contributed by atoms with E-state index in [9.17, 15) is 8.42 Å². The molecule has 156 valence electrons. The van der Waals surface area contributed by atoms with Gasteiger partial charge in [0.25, 0.3) is 10.0 Å². The summed E-state index contributed by atoms with van der Waals surface area (Å²) in [5.41, 5.74) is 1.39. The first kappa shape index (κ1) is 20.5. The molecule has 4 aromatic rings. The van der Waals surface area contributed by atoms with Gasteiger partial charge in [0.1, 0.15) is 22.2 Å². The molecule has 0 unspecified atom stereocenters. The van der Waals surface area contributed by atoms with Crippen LogP contribution in [0.1, 0.15) is 5.69 Å². The van der Waals surface area contributed by atoms with E-state index in [1.165, 1.54) is 35.3 Å². The van der Waals surface area contributed by atoms with Crippen LogP contribution in [0.3, 0.4) is 0 Å². The van der Waals surface area contributed by atoms with E-state index in [4.69, 9.17) is 21.1 Å². The van der Waals surface area contributed by atoms with Gasteiger partial charge in [0.05, 0.1) is 30.1 Å². The van der Waals surface area contributed by atoms with Crippen molar-refractivity contribution in [3.63, 3.8) is 0 Å². The Bertz CT molecular complexity index is 1350. The van der Waals surface area contributed by atoms with Crippen LogP contribution in [0, 0.1) is 6.92 Å². The number of benzene rings is 2. The summed E-state index contributed by atoms with van der Waals surface area (Å²) in [5, 5.41) is 5.20. The summed E-state index contributed by atoms with van der Waals surface area (Å²) in [6.07, 6.45) is 0. The first-order chi connectivity index (χ1) is 14.3. The van der Waals surface area contributed by atoms with Crippen molar-refractivity contribution < 1.29 is 17.9 Å². The number of hydrogen-bond acceptors (Lipinski definition) is 7. The van der Waals surface area contributed by atoms with E-state index in [1.807, 2.05) is 18.2 Å². The van der Waals surface area contributed by atoms with Gasteiger partial charge in [0, 0.05) is 11.1 Å². The molecule has 0 radical (unpaired) electrons. The third-order valence-electron chi connectivity index (χ3n) is 4.25. The Morgan fingerprint density at radius 2 is 1.90 bits per heavy atom. The number of thiazole rings is 1. The average molecular weight is 465 g/mol. The van der Waals surface area contributed by atoms with Crippen molar-refractivity contribution in [1.82, 2.24) is 14.8 Å². The van der Waals surface area contributed by atoms with Crippen molar-refractivity contribution in [3.05, 3.63) is 53.2 Å². The number of sulfonamides is 1. The second-order valence-electron chi connectivity index (χ2n) is 6.31. The summed E-state index contributed by atoms with van der Waals surface area (Å²) < 4.78 is 41.5. The molecule has 0 saturated heterocycles. The Kier molecular flexibility index (Phi) is 5.31. The fraction of sp³-hybridized carbons (Fsp3) is 0.158. The maximum Gasteiger partial charge on any atom is 0.266 e. The first-order valence-corrected chi connectivity index (χ1v) is 11.4. The molecular formula is C19H17ClN4O4S2. The molecule has 4 rings (SSSR count). The Hall–Kier alpha value is -2.82. The summed E-state index contributed by atoms with van der Waals surface area (Å²) in [7, 11) is -1.01. The van der Waals surface area contributed by atoms with Gasteiger partial charge in [-0.2, -0.15) is 9.78 Å². The zero-order chi connectivity index (χ0) is 21.5. The predicted molar refractivity (Wildman–Crippen MR) is 117 cm³/mol. The van der Waals surface area contributed by atoms with Gasteiger partial charge in [-0.3, -0.25) is 4.72 Å². The van der Waals surface area contributed by atoms with E-state index in [2.05, 4.69) is 14.8 Å². The Morgan fingerprint density at radius 1 is 1.10 bits per heavy atom. The molecule has 0 fully saturated rings. The molecule has 0 atom stereocenters. The summed E-state index contributed by atoms with van der Waals surface area (Å²) in [6.45, 7) is 1.77. The third-order valence-corrected chi connectivity index (χ3v) is 6.86. The number of fused-ring (bicyclic) bond motifs is 1. The smallest absolute Gasteiger partial charge is 0.266 e. The lowest BCUT2D eigenvalue weighted by Crippen LogP contribution is -2.16. The molecular weight excluding hydrogens is 448 g/mol. The topological polar surface area (TPSA) is 95.3 Å². The molecule has 1 N–H and O–H groups in total. The minimum atomic E-state index is -4.00. The van der Waals surface area contributed by atoms with Gasteiger partial charge < -0.3 is 9.47 Å². The molecule has 11 heteroatoms. The molecule has 0 aliphatic rings. The lowest BCUT2D eigenvalue weighted by atomic mass is 10.3. The minimum absolute atomic E-state index is 0.0723. The highest BCUT2D eigenvalue weighted by Gasteiger charge is 2.23. The van der Waals surface area contributed by atoms with E-state index in [0.717, 1.165) is 10.2 Å². The molecule has 8 nitrogen and oxygen atoms in total. The van der Waals surface area contributed by atoms with Crippen molar-refractivity contribution in [2.24, 2.45) is 0 Å². The zero-order valence-corrected chi connectivity index (χ0v) is 18.6. The van der Waals surface area contributed by atoms with Crippen molar-refractivity contribution >= 4 is 49.0 Å². The van der Waals surface area contributed by atoms with E-state index >= 15 is 0 Å². The maximum absolute atomic E-state index is 13.1. The van der Waals surface area contributed by atoms with Gasteiger partial charge >= 0.3 is 0 Å². The number of aromatic nitrogens is 3. The third kappa shape index (κ3) is 3.81. The number of hydrogen-bond donors (Lipinski definition) is 1. The van der Waals surface area contributed by atoms with Gasteiger partial charge in [-0.15, -0.1) is 0 Å². The van der Waals surface area contributed by atoms with Crippen LogP contribution in [-0.4, -0.2) is 37.4 Å². The minimum Gasteiger partial charge on any atom is -0.497 e. The van der Waals surface area contributed by atoms with Crippen LogP contribution in [0.25, 0.3) is 15.3 Å². The van der Waals surface area contributed by atoms with Crippen molar-refractivity contribution in [2.75, 3.05) is 18.9 Å². The van der Waals surface area contributed by atoms with Crippen LogP contribution < -0.4 is 14.2 Å². The molecule has 2 aromatic heterocycles. The Morgan fingerprint density at radius 3 is 2.63 bits per heavy atom. The molecule has 0 aliphatic carbocycles. The second-order valence-corrected chi connectivity index (χ2v) is 9.41. The fourth-order valence-corrected chi connectivity index (χ4v) is 5.31. The molecule has 0 saturated carbocycles. The Balaban J connectivity index is 1.77. The van der Waals surface area contributed by atoms with E-state index in [0.29, 0.717) is 16.6 Å². The normalized spacial score (nSPS) is 11.6. The first-order valence-electron chi connectivity index (χ1n) is 8.69. The quantitative estimate of drug-likeness (QED) is 0.458. The number of nitrogens with zero attached hydrogens (tertiary/aromatic N) is 3. The summed E-state index contributed by atoms with van der Waals surface area (Å²) in [4.78, 5) is 4.49. The molecule has 0 aliphatic heterocycles. The van der Waals surface area contributed by atoms with Gasteiger partial charge in [-0.25, -0.2) is 13.4 Å². The molecule has 30 heavy (non-hydrogen) atoms. The summed E-state index contributed by atoms with van der Waals surface area (Å²) in [6, 6.07) is 11.5. The van der Waals surface area contributed by atoms with Gasteiger partial charge in [0.2, 0.25) is 5.13 Å². The molecule has 0 amide bonds. The molecule has 0 spiro atoms. The van der Waals surface area contributed by atoms with Crippen LogP contribution in [0.4, 0.5) is 5.82 Å². The Labute approximate surface area is 182 Å². The number of aryl methyl sites for hydroxylation is 1. The molecule has 2 aromatic carbocycles. The highest BCUT2D eigenvalue weighted by Crippen LogP contribution is 2.32. The van der Waals surface area contributed by atoms with Crippen molar-refractivity contribution in [1.29, 1.82) is 0 Å². The second kappa shape index (κ2) is 7.78. The lowest BCUT2D eigenvalue weighted by molar-refractivity contribution is 0.403. The van der Waals surface area contributed by atoms with Crippen LogP contribution in [0.5, 0.6) is 11.5 Å². The number of rotatable bonds is 6. The highest BCUT2D eigenvalue weighted by molar-refractivity contribution is 7.92. The highest BCUT2D eigenvalue weighted by atomic mass is 35.5. The zero-order valence-electron chi connectivity index (χ0n) is 16.2. The van der Waals surface area contributed by atoms with Crippen molar-refractivity contribution in [3.8, 4) is 16.6 Å². The maximum atomic E-state index is 13.1. The van der Waals surface area contributed by atoms with Gasteiger partial charge in [-0.05, 0) is 43.3 Å². The SMILES string of the molecule is COc1ccc2nc(-n3nc(C)cc3NS(=O)(=O)c3cc(Cl)ccc3OC)sc2c1. The van der Waals surface area contributed by atoms with E-state index in [-0.39, 0.29) is 21.5 Å². The number of methoxy groups -OCH3 is 2. The number of anilines is 1. The van der Waals surface area contributed by atoms with Gasteiger partial charge in [0.15, 0.2) is 0 Å². The van der Waals surface area contributed by atoms with E-state index < -0.39 is 10.0 Å². The van der Waals surface area contributed by atoms with Crippen LogP contribution in [0.15, 0.2) is 47.4 Å². The van der Waals surface area contributed by atoms with Gasteiger partial charge in [-0.1, -0.05) is 22.9 Å². The summed E-state index contributed by atoms with van der Waals surface area (Å²) >= 11 is 7.37. The van der Waals surface area contributed by atoms with Crippen LogP contribution in [-0.2, 0) is 10.0 Å². The predicted octanol–water partition coefficient (Wildman–Crippen LogP) is 4.26. The fourth-order valence-electron chi connectivity index (χ4n) is 2.88. The average Bonchev–Trinajstić information content (AvgIpc) is 3.29. The number of nitrogens with one attached hydrogen (secondary N) is 1. The number of ether oxygens (including phenoxy) is 2. The molecule has 2 heterocycles. The standard InChI is InChI=1S/C19H17ClN4O4S2/c1-11-8-18(23-30(25,26)17-9-12(20)4-7-15(17)28-3)24(22-11)19-21-14-6-5-13(27-2)10-16(14)29-19/h4-10,23H,1-3H3. The van der Waals surface area contributed by atoms with Crippen molar-refractivity contribution in [2.45, 2.75) is 11.8 Å². The van der Waals surface area contributed by atoms with E-state index in [1.54, 1.807) is 26.2 Å². The monoisotopic (exact) mass is 464 g/mol. The van der Waals surface area contributed by atoms with Crippen LogP contribution >= 0.6 is 22.9 Å². The number of halogens is 1. The summed E-state index contributed by atoms with van der Waals surface area (Å²) in [5.74, 6) is 1.14. The largest absolute Gasteiger partial charge is 0.497 e. The van der Waals surface area contributed by atoms with Crippen LogP contribution in [0.2, 0.25) is 5.02 Å². The molecule has 0 bridgehead atoms.